The first kappa shape index (κ1) is 16.0. The van der Waals surface area contributed by atoms with Crippen molar-refractivity contribution >= 4 is 6.09 Å². The second-order valence-electron chi connectivity index (χ2n) is 4.92. The third-order valence-electron chi connectivity index (χ3n) is 3.05. The number of piperidine rings is 1. The molecular weight excluding hydrogens is 244 g/mol. The second kappa shape index (κ2) is 8.93. The summed E-state index contributed by atoms with van der Waals surface area (Å²) in [6.07, 6.45) is 1.75. The predicted molar refractivity (Wildman–Crippen MR) is 75.3 cm³/mol. The lowest BCUT2D eigenvalue weighted by Gasteiger charge is -2.31. The Bertz CT molecular complexity index is 286. The third kappa shape index (κ3) is 6.59. The Morgan fingerprint density at radius 3 is 2.68 bits per heavy atom. The highest BCUT2D eigenvalue weighted by Crippen LogP contribution is 2.11. The first-order valence-corrected chi connectivity index (χ1v) is 7.00. The SMILES string of the molecule is C=C(C)COCCNC1CCN(C(=O)OCC)CC1. The summed E-state index contributed by atoms with van der Waals surface area (Å²) in [5.41, 5.74) is 1.04. The van der Waals surface area contributed by atoms with Crippen molar-refractivity contribution in [1.29, 1.82) is 0 Å². The number of hydrogen-bond acceptors (Lipinski definition) is 4. The maximum Gasteiger partial charge on any atom is 0.409 e. The Hall–Kier alpha value is -1.07. The lowest BCUT2D eigenvalue weighted by Crippen LogP contribution is -2.45. The number of carbonyl (C=O) groups is 1. The van der Waals surface area contributed by atoms with Gasteiger partial charge >= 0.3 is 6.09 Å². The molecule has 1 aliphatic heterocycles. The van der Waals surface area contributed by atoms with Crippen molar-refractivity contribution < 1.29 is 14.3 Å². The standard InChI is InChI=1S/C14H26N2O3/c1-4-19-14(17)16-8-5-13(6-9-16)15-7-10-18-11-12(2)3/h13,15H,2,4-11H2,1,3H3. The lowest BCUT2D eigenvalue weighted by molar-refractivity contribution is 0.0935. The van der Waals surface area contributed by atoms with Crippen LogP contribution in [0.2, 0.25) is 0 Å². The van der Waals surface area contributed by atoms with Crippen LogP contribution in [0.3, 0.4) is 0 Å². The van der Waals surface area contributed by atoms with Crippen molar-refractivity contribution in [2.24, 2.45) is 0 Å². The largest absolute Gasteiger partial charge is 0.450 e. The van der Waals surface area contributed by atoms with E-state index in [-0.39, 0.29) is 6.09 Å². The number of nitrogens with one attached hydrogen (secondary N) is 1. The molecule has 0 bridgehead atoms. The van der Waals surface area contributed by atoms with Crippen molar-refractivity contribution in [3.05, 3.63) is 12.2 Å². The van der Waals surface area contributed by atoms with Crippen molar-refractivity contribution in [1.82, 2.24) is 10.2 Å². The van der Waals surface area contributed by atoms with Crippen LogP contribution in [-0.2, 0) is 9.47 Å². The monoisotopic (exact) mass is 270 g/mol. The zero-order valence-electron chi connectivity index (χ0n) is 12.1. The number of hydrogen-bond donors (Lipinski definition) is 1. The fourth-order valence-corrected chi connectivity index (χ4v) is 2.06. The van der Waals surface area contributed by atoms with E-state index < -0.39 is 0 Å². The molecule has 0 aliphatic carbocycles. The van der Waals surface area contributed by atoms with Gasteiger partial charge in [0.05, 0.1) is 19.8 Å². The van der Waals surface area contributed by atoms with Gasteiger partial charge in [0.15, 0.2) is 0 Å². The van der Waals surface area contributed by atoms with Crippen molar-refractivity contribution in [3.8, 4) is 0 Å². The molecule has 0 radical (unpaired) electrons. The van der Waals surface area contributed by atoms with E-state index in [0.717, 1.165) is 38.0 Å². The Kier molecular flexibility index (Phi) is 7.52. The van der Waals surface area contributed by atoms with Gasteiger partial charge in [-0.3, -0.25) is 0 Å². The Morgan fingerprint density at radius 1 is 1.42 bits per heavy atom. The maximum absolute atomic E-state index is 11.5. The van der Waals surface area contributed by atoms with Gasteiger partial charge in [-0.25, -0.2) is 4.79 Å². The van der Waals surface area contributed by atoms with Crippen LogP contribution in [-0.4, -0.2) is 56.5 Å². The summed E-state index contributed by atoms with van der Waals surface area (Å²) in [5.74, 6) is 0. The molecule has 0 aromatic carbocycles. The van der Waals surface area contributed by atoms with E-state index in [2.05, 4.69) is 11.9 Å². The van der Waals surface area contributed by atoms with E-state index in [1.807, 2.05) is 13.8 Å². The molecule has 19 heavy (non-hydrogen) atoms. The minimum Gasteiger partial charge on any atom is -0.450 e. The zero-order valence-corrected chi connectivity index (χ0v) is 12.1. The summed E-state index contributed by atoms with van der Waals surface area (Å²) in [4.78, 5) is 13.3. The number of rotatable bonds is 7. The molecule has 0 saturated carbocycles. The highest BCUT2D eigenvalue weighted by Gasteiger charge is 2.22. The Morgan fingerprint density at radius 2 is 2.11 bits per heavy atom. The van der Waals surface area contributed by atoms with Gasteiger partial charge in [-0.15, -0.1) is 0 Å². The van der Waals surface area contributed by atoms with Crippen LogP contribution in [0.1, 0.15) is 26.7 Å². The molecule has 0 aromatic heterocycles. The molecule has 0 aromatic rings. The molecule has 1 aliphatic rings. The first-order valence-electron chi connectivity index (χ1n) is 7.00. The van der Waals surface area contributed by atoms with Gasteiger partial charge in [0.1, 0.15) is 0 Å². The smallest absolute Gasteiger partial charge is 0.409 e. The molecule has 5 nitrogen and oxygen atoms in total. The Balaban J connectivity index is 2.06. The molecular formula is C14H26N2O3. The van der Waals surface area contributed by atoms with Crippen LogP contribution in [0.4, 0.5) is 4.79 Å². The second-order valence-corrected chi connectivity index (χ2v) is 4.92. The minimum absolute atomic E-state index is 0.189. The Labute approximate surface area is 115 Å². The van der Waals surface area contributed by atoms with Gasteiger partial charge in [-0.2, -0.15) is 0 Å². The molecule has 110 valence electrons. The molecule has 1 heterocycles. The van der Waals surface area contributed by atoms with Crippen LogP contribution in [0, 0.1) is 0 Å². The number of amides is 1. The maximum atomic E-state index is 11.5. The first-order chi connectivity index (χ1) is 9.13. The van der Waals surface area contributed by atoms with Crippen LogP contribution < -0.4 is 5.32 Å². The van der Waals surface area contributed by atoms with Gasteiger partial charge in [0.25, 0.3) is 0 Å². The van der Waals surface area contributed by atoms with Crippen LogP contribution in [0.25, 0.3) is 0 Å². The average Bonchev–Trinajstić information content (AvgIpc) is 2.39. The van der Waals surface area contributed by atoms with Gasteiger partial charge in [-0.1, -0.05) is 12.2 Å². The van der Waals surface area contributed by atoms with Crippen molar-refractivity contribution in [3.63, 3.8) is 0 Å². The van der Waals surface area contributed by atoms with E-state index in [0.29, 0.717) is 25.9 Å². The summed E-state index contributed by atoms with van der Waals surface area (Å²) < 4.78 is 10.4. The number of nitrogens with zero attached hydrogens (tertiary/aromatic N) is 1. The average molecular weight is 270 g/mol. The van der Waals surface area contributed by atoms with E-state index in [1.165, 1.54) is 0 Å². The van der Waals surface area contributed by atoms with Crippen LogP contribution in [0.15, 0.2) is 12.2 Å². The highest BCUT2D eigenvalue weighted by atomic mass is 16.6. The molecule has 1 saturated heterocycles. The van der Waals surface area contributed by atoms with Crippen molar-refractivity contribution in [2.45, 2.75) is 32.7 Å². The highest BCUT2D eigenvalue weighted by molar-refractivity contribution is 5.67. The van der Waals surface area contributed by atoms with E-state index in [9.17, 15) is 4.79 Å². The van der Waals surface area contributed by atoms with Gasteiger partial charge < -0.3 is 19.7 Å². The summed E-state index contributed by atoms with van der Waals surface area (Å²) >= 11 is 0. The summed E-state index contributed by atoms with van der Waals surface area (Å²) in [6, 6.07) is 0.471. The molecule has 1 fully saturated rings. The third-order valence-corrected chi connectivity index (χ3v) is 3.05. The molecule has 1 rings (SSSR count). The fraction of sp³-hybridized carbons (Fsp3) is 0.786. The molecule has 5 heteroatoms. The van der Waals surface area contributed by atoms with Crippen LogP contribution in [0.5, 0.6) is 0 Å². The summed E-state index contributed by atoms with van der Waals surface area (Å²) in [7, 11) is 0. The molecule has 1 amide bonds. The van der Waals surface area contributed by atoms with Gasteiger partial charge in [-0.05, 0) is 26.7 Å². The van der Waals surface area contributed by atoms with E-state index >= 15 is 0 Å². The van der Waals surface area contributed by atoms with Gasteiger partial charge in [0, 0.05) is 25.7 Å². The molecule has 0 spiro atoms. The van der Waals surface area contributed by atoms with E-state index in [1.54, 1.807) is 4.90 Å². The normalized spacial score (nSPS) is 16.4. The number of ether oxygens (including phenoxy) is 2. The fourth-order valence-electron chi connectivity index (χ4n) is 2.06. The predicted octanol–water partition coefficient (Wildman–Crippen LogP) is 1.79. The molecule has 0 atom stereocenters. The quantitative estimate of drug-likeness (QED) is 0.566. The van der Waals surface area contributed by atoms with Crippen molar-refractivity contribution in [2.75, 3.05) is 39.5 Å². The number of carbonyl (C=O) groups excluding carboxylic acids is 1. The zero-order chi connectivity index (χ0) is 14.1. The summed E-state index contributed by atoms with van der Waals surface area (Å²) in [6.45, 7) is 11.7. The topological polar surface area (TPSA) is 50.8 Å². The molecule has 1 N–H and O–H groups in total. The molecule has 0 unspecified atom stereocenters. The van der Waals surface area contributed by atoms with Gasteiger partial charge in [0.2, 0.25) is 0 Å². The van der Waals surface area contributed by atoms with Crippen LogP contribution >= 0.6 is 0 Å². The lowest BCUT2D eigenvalue weighted by atomic mass is 10.1. The summed E-state index contributed by atoms with van der Waals surface area (Å²) in [5, 5.41) is 3.45. The minimum atomic E-state index is -0.189. The number of likely N-dealkylation sites (tertiary alicyclic amines) is 1. The van der Waals surface area contributed by atoms with E-state index in [4.69, 9.17) is 9.47 Å².